The van der Waals surface area contributed by atoms with Crippen LogP contribution in [0.5, 0.6) is 0 Å². The molecule has 0 fully saturated rings. The number of esters is 1. The Morgan fingerprint density at radius 1 is 1.42 bits per heavy atom. The molecule has 0 saturated heterocycles. The number of hydrogen-bond donors (Lipinski definition) is 0. The van der Waals surface area contributed by atoms with Crippen molar-refractivity contribution in [1.82, 2.24) is 0 Å². The zero-order valence-corrected chi connectivity index (χ0v) is 7.83. The van der Waals surface area contributed by atoms with E-state index in [0.717, 1.165) is 6.42 Å². The summed E-state index contributed by atoms with van der Waals surface area (Å²) in [6.07, 6.45) is 0.594. The van der Waals surface area contributed by atoms with E-state index >= 15 is 0 Å². The monoisotopic (exact) mass is 176 g/mol. The van der Waals surface area contributed by atoms with Gasteiger partial charge in [0.1, 0.15) is 6.61 Å². The highest BCUT2D eigenvalue weighted by Gasteiger charge is 2.02. The maximum Gasteiger partial charge on any atom is 0.302 e. The molecule has 0 N–H and O–H groups in total. The summed E-state index contributed by atoms with van der Waals surface area (Å²) in [7, 11) is 1.58. The van der Waals surface area contributed by atoms with E-state index in [-0.39, 0.29) is 18.9 Å². The van der Waals surface area contributed by atoms with Crippen molar-refractivity contribution in [2.75, 3.05) is 20.3 Å². The van der Waals surface area contributed by atoms with Crippen LogP contribution in [-0.2, 0) is 19.0 Å². The maximum absolute atomic E-state index is 10.3. The van der Waals surface area contributed by atoms with Crippen molar-refractivity contribution in [3.05, 3.63) is 0 Å². The summed E-state index contributed by atoms with van der Waals surface area (Å²) in [6, 6.07) is 0. The van der Waals surface area contributed by atoms with Gasteiger partial charge in [-0.1, -0.05) is 6.92 Å². The molecule has 0 aromatic carbocycles. The van der Waals surface area contributed by atoms with Crippen LogP contribution in [0.25, 0.3) is 0 Å². The van der Waals surface area contributed by atoms with Crippen LogP contribution >= 0.6 is 0 Å². The molecule has 0 aliphatic rings. The highest BCUT2D eigenvalue weighted by Crippen LogP contribution is 1.97. The van der Waals surface area contributed by atoms with Crippen molar-refractivity contribution in [3.63, 3.8) is 0 Å². The Labute approximate surface area is 72.8 Å². The molecule has 0 aliphatic heterocycles. The van der Waals surface area contributed by atoms with E-state index in [9.17, 15) is 4.79 Å². The minimum atomic E-state index is -0.288. The van der Waals surface area contributed by atoms with E-state index in [4.69, 9.17) is 9.47 Å². The van der Waals surface area contributed by atoms with Gasteiger partial charge in [0.2, 0.25) is 0 Å². The van der Waals surface area contributed by atoms with Gasteiger partial charge in [-0.2, -0.15) is 0 Å². The zero-order valence-electron chi connectivity index (χ0n) is 7.83. The van der Waals surface area contributed by atoms with Crippen molar-refractivity contribution in [1.29, 1.82) is 0 Å². The molecule has 0 rings (SSSR count). The van der Waals surface area contributed by atoms with Crippen LogP contribution in [0.3, 0.4) is 0 Å². The highest BCUT2D eigenvalue weighted by atomic mass is 16.7. The minimum absolute atomic E-state index is 0.194. The summed E-state index contributed by atoms with van der Waals surface area (Å²) in [4.78, 5) is 10.3. The van der Waals surface area contributed by atoms with Gasteiger partial charge >= 0.3 is 5.97 Å². The molecule has 4 nitrogen and oxygen atoms in total. The SMILES string of the molecule is CCC(OC)OCCOC(C)=O. The first-order valence-corrected chi connectivity index (χ1v) is 3.98. The van der Waals surface area contributed by atoms with Crippen LogP contribution in [0.1, 0.15) is 20.3 Å². The van der Waals surface area contributed by atoms with Gasteiger partial charge in [-0.15, -0.1) is 0 Å². The van der Waals surface area contributed by atoms with Gasteiger partial charge in [-0.05, 0) is 6.42 Å². The maximum atomic E-state index is 10.3. The van der Waals surface area contributed by atoms with E-state index in [1.54, 1.807) is 7.11 Å². The molecule has 72 valence electrons. The van der Waals surface area contributed by atoms with Crippen LogP contribution in [-0.4, -0.2) is 32.6 Å². The first kappa shape index (κ1) is 11.4. The van der Waals surface area contributed by atoms with Gasteiger partial charge in [-0.3, -0.25) is 4.79 Å². The Morgan fingerprint density at radius 3 is 2.50 bits per heavy atom. The standard InChI is InChI=1S/C8H16O4/c1-4-8(10-3)12-6-5-11-7(2)9/h8H,4-6H2,1-3H3. The summed E-state index contributed by atoms with van der Waals surface area (Å²) in [5, 5.41) is 0. The normalized spacial score (nSPS) is 12.6. The van der Waals surface area contributed by atoms with Crippen LogP contribution in [0.2, 0.25) is 0 Å². The Morgan fingerprint density at radius 2 is 2.08 bits per heavy atom. The third-order valence-corrected chi connectivity index (χ3v) is 1.29. The van der Waals surface area contributed by atoms with Crippen molar-refractivity contribution in [2.45, 2.75) is 26.6 Å². The average Bonchev–Trinajstić information content (AvgIpc) is 2.04. The second kappa shape index (κ2) is 7.06. The molecular formula is C8H16O4. The fourth-order valence-corrected chi connectivity index (χ4v) is 0.718. The van der Waals surface area contributed by atoms with Gasteiger partial charge in [0.25, 0.3) is 0 Å². The molecule has 0 radical (unpaired) electrons. The molecule has 0 spiro atoms. The third-order valence-electron chi connectivity index (χ3n) is 1.29. The molecule has 0 aromatic rings. The number of carbonyl (C=O) groups excluding carboxylic acids is 1. The first-order valence-electron chi connectivity index (χ1n) is 3.98. The lowest BCUT2D eigenvalue weighted by Gasteiger charge is -2.13. The summed E-state index contributed by atoms with van der Waals surface area (Å²) < 4.78 is 14.8. The fraction of sp³-hybridized carbons (Fsp3) is 0.875. The van der Waals surface area contributed by atoms with Crippen LogP contribution in [0, 0.1) is 0 Å². The Bertz CT molecular complexity index is 120. The third kappa shape index (κ3) is 6.12. The lowest BCUT2D eigenvalue weighted by Crippen LogP contribution is -2.17. The zero-order chi connectivity index (χ0) is 9.40. The summed E-state index contributed by atoms with van der Waals surface area (Å²) in [5.74, 6) is -0.288. The molecule has 1 atom stereocenters. The van der Waals surface area contributed by atoms with Crippen LogP contribution in [0.15, 0.2) is 0 Å². The smallest absolute Gasteiger partial charge is 0.302 e. The molecule has 4 heteroatoms. The molecular weight excluding hydrogens is 160 g/mol. The number of rotatable bonds is 6. The second-order valence-corrected chi connectivity index (χ2v) is 2.28. The quantitative estimate of drug-likeness (QED) is 0.343. The minimum Gasteiger partial charge on any atom is -0.463 e. The highest BCUT2D eigenvalue weighted by molar-refractivity contribution is 5.65. The molecule has 1 unspecified atom stereocenters. The fourth-order valence-electron chi connectivity index (χ4n) is 0.718. The van der Waals surface area contributed by atoms with E-state index in [1.165, 1.54) is 6.92 Å². The molecule has 0 aromatic heterocycles. The van der Waals surface area contributed by atoms with Crippen molar-refractivity contribution in [3.8, 4) is 0 Å². The summed E-state index contributed by atoms with van der Waals surface area (Å²) in [6.45, 7) is 3.99. The van der Waals surface area contributed by atoms with Crippen LogP contribution < -0.4 is 0 Å². The van der Waals surface area contributed by atoms with E-state index in [0.29, 0.717) is 6.61 Å². The summed E-state index contributed by atoms with van der Waals surface area (Å²) >= 11 is 0. The van der Waals surface area contributed by atoms with Crippen molar-refractivity contribution < 1.29 is 19.0 Å². The first-order chi connectivity index (χ1) is 5.70. The van der Waals surface area contributed by atoms with Crippen LogP contribution in [0.4, 0.5) is 0 Å². The second-order valence-electron chi connectivity index (χ2n) is 2.28. The largest absolute Gasteiger partial charge is 0.463 e. The molecule has 0 bridgehead atoms. The van der Waals surface area contributed by atoms with Gasteiger partial charge in [0.15, 0.2) is 6.29 Å². The van der Waals surface area contributed by atoms with Gasteiger partial charge < -0.3 is 14.2 Å². The molecule has 12 heavy (non-hydrogen) atoms. The molecule has 0 heterocycles. The predicted molar refractivity (Wildman–Crippen MR) is 43.7 cm³/mol. The lowest BCUT2D eigenvalue weighted by molar-refractivity contribution is -0.153. The Kier molecular flexibility index (Phi) is 6.70. The number of methoxy groups -OCH3 is 1. The van der Waals surface area contributed by atoms with Crippen molar-refractivity contribution in [2.24, 2.45) is 0 Å². The Hall–Kier alpha value is -0.610. The number of hydrogen-bond acceptors (Lipinski definition) is 4. The topological polar surface area (TPSA) is 44.8 Å². The lowest BCUT2D eigenvalue weighted by atomic mass is 10.5. The molecule has 0 aliphatic carbocycles. The van der Waals surface area contributed by atoms with Crippen molar-refractivity contribution >= 4 is 5.97 Å². The predicted octanol–water partition coefficient (Wildman–Crippen LogP) is 0.949. The molecule has 0 amide bonds. The summed E-state index contributed by atoms with van der Waals surface area (Å²) in [5.41, 5.74) is 0. The van der Waals surface area contributed by atoms with Gasteiger partial charge in [0.05, 0.1) is 6.61 Å². The van der Waals surface area contributed by atoms with Gasteiger partial charge in [-0.25, -0.2) is 0 Å². The Balaban J connectivity index is 3.23. The van der Waals surface area contributed by atoms with E-state index in [2.05, 4.69) is 4.74 Å². The number of carbonyl (C=O) groups is 1. The average molecular weight is 176 g/mol. The van der Waals surface area contributed by atoms with E-state index < -0.39 is 0 Å². The van der Waals surface area contributed by atoms with Gasteiger partial charge in [0, 0.05) is 14.0 Å². The molecule has 0 saturated carbocycles. The number of ether oxygens (including phenoxy) is 3. The van der Waals surface area contributed by atoms with E-state index in [1.807, 2.05) is 6.92 Å².